The number of aryl methyl sites for hydroxylation is 2. The van der Waals surface area contributed by atoms with Gasteiger partial charge in [-0.25, -0.2) is 9.78 Å². The van der Waals surface area contributed by atoms with Crippen LogP contribution in [0, 0.1) is 13.8 Å². The summed E-state index contributed by atoms with van der Waals surface area (Å²) in [6.45, 7) is 3.57. The van der Waals surface area contributed by atoms with E-state index in [1.54, 1.807) is 56.3 Å². The molecule has 0 aliphatic heterocycles. The summed E-state index contributed by atoms with van der Waals surface area (Å²) in [6, 6.07) is 15.5. The molecule has 0 amide bonds. The Morgan fingerprint density at radius 1 is 1.11 bits per heavy atom. The van der Waals surface area contributed by atoms with Crippen LogP contribution in [0.5, 0.6) is 0 Å². The number of benzene rings is 2. The first-order valence-corrected chi connectivity index (χ1v) is 8.71. The molecule has 7 heteroatoms. The topological polar surface area (TPSA) is 87.2 Å². The number of nitrogens with zero attached hydrogens (tertiary/aromatic N) is 3. The van der Waals surface area contributed by atoms with Gasteiger partial charge in [0.25, 0.3) is 5.56 Å². The molecule has 0 aliphatic rings. The number of para-hydroxylation sites is 1. The van der Waals surface area contributed by atoms with Crippen molar-refractivity contribution in [2.45, 2.75) is 20.5 Å². The summed E-state index contributed by atoms with van der Waals surface area (Å²) < 4.78 is 11.7. The molecule has 0 saturated heterocycles. The molecule has 0 radical (unpaired) electrons. The number of rotatable bonds is 4. The van der Waals surface area contributed by atoms with Gasteiger partial charge in [0.1, 0.15) is 23.9 Å². The summed E-state index contributed by atoms with van der Waals surface area (Å²) >= 11 is 0. The van der Waals surface area contributed by atoms with E-state index in [1.807, 2.05) is 12.1 Å². The van der Waals surface area contributed by atoms with Crippen LogP contribution in [-0.2, 0) is 11.3 Å². The zero-order chi connectivity index (χ0) is 19.7. The summed E-state index contributed by atoms with van der Waals surface area (Å²) in [7, 11) is 0. The Bertz CT molecular complexity index is 1220. The third kappa shape index (κ3) is 3.29. The van der Waals surface area contributed by atoms with Crippen LogP contribution < -0.4 is 5.56 Å². The summed E-state index contributed by atoms with van der Waals surface area (Å²) in [6.07, 6.45) is 0. The predicted octanol–water partition coefficient (Wildman–Crippen LogP) is 3.35. The molecule has 2 heterocycles. The van der Waals surface area contributed by atoms with Crippen molar-refractivity contribution in [3.05, 3.63) is 87.8 Å². The average molecular weight is 375 g/mol. The highest BCUT2D eigenvalue weighted by atomic mass is 16.5. The first-order valence-electron chi connectivity index (χ1n) is 8.71. The molecule has 0 atom stereocenters. The Kier molecular flexibility index (Phi) is 4.49. The lowest BCUT2D eigenvalue weighted by molar-refractivity contribution is 0.0464. The van der Waals surface area contributed by atoms with Crippen LogP contribution >= 0.6 is 0 Å². The van der Waals surface area contributed by atoms with Gasteiger partial charge in [0, 0.05) is 6.07 Å². The first-order chi connectivity index (χ1) is 13.5. The number of hydrogen-bond donors (Lipinski definition) is 0. The van der Waals surface area contributed by atoms with Crippen molar-refractivity contribution in [1.82, 2.24) is 14.7 Å². The molecule has 0 N–H and O–H groups in total. The number of aromatic nitrogens is 3. The SMILES string of the molecule is Cc1cc(COC(=O)c2ccc(-n3c(C)nc4ccccc4c3=O)cc2)no1. The van der Waals surface area contributed by atoms with E-state index < -0.39 is 5.97 Å². The van der Waals surface area contributed by atoms with Crippen LogP contribution in [0.3, 0.4) is 0 Å². The van der Waals surface area contributed by atoms with Crippen molar-refractivity contribution in [1.29, 1.82) is 0 Å². The molecule has 2 aromatic heterocycles. The van der Waals surface area contributed by atoms with E-state index in [4.69, 9.17) is 9.26 Å². The van der Waals surface area contributed by atoms with Crippen molar-refractivity contribution in [2.75, 3.05) is 0 Å². The van der Waals surface area contributed by atoms with Gasteiger partial charge in [-0.2, -0.15) is 0 Å². The van der Waals surface area contributed by atoms with Crippen molar-refractivity contribution in [3.63, 3.8) is 0 Å². The molecule has 4 rings (SSSR count). The van der Waals surface area contributed by atoms with Gasteiger partial charge in [0.15, 0.2) is 0 Å². The van der Waals surface area contributed by atoms with Gasteiger partial charge in [-0.05, 0) is 50.2 Å². The highest BCUT2D eigenvalue weighted by Crippen LogP contribution is 2.14. The Balaban J connectivity index is 1.59. The van der Waals surface area contributed by atoms with E-state index in [0.29, 0.717) is 39.4 Å². The van der Waals surface area contributed by atoms with Crippen molar-refractivity contribution < 1.29 is 14.1 Å². The van der Waals surface area contributed by atoms with Crippen LogP contribution in [0.15, 0.2) is 63.9 Å². The molecule has 0 bridgehead atoms. The van der Waals surface area contributed by atoms with Crippen molar-refractivity contribution in [2.24, 2.45) is 0 Å². The maximum Gasteiger partial charge on any atom is 0.338 e. The van der Waals surface area contributed by atoms with Gasteiger partial charge >= 0.3 is 5.97 Å². The van der Waals surface area contributed by atoms with E-state index in [9.17, 15) is 9.59 Å². The van der Waals surface area contributed by atoms with Gasteiger partial charge in [-0.15, -0.1) is 0 Å². The fourth-order valence-electron chi connectivity index (χ4n) is 3.00. The minimum Gasteiger partial charge on any atom is -0.455 e. The van der Waals surface area contributed by atoms with Crippen LogP contribution in [0.4, 0.5) is 0 Å². The number of ether oxygens (including phenoxy) is 1. The normalized spacial score (nSPS) is 10.9. The average Bonchev–Trinajstić information content (AvgIpc) is 3.12. The second-order valence-corrected chi connectivity index (χ2v) is 6.37. The molecule has 2 aromatic carbocycles. The molecule has 0 fully saturated rings. The Labute approximate surface area is 160 Å². The van der Waals surface area contributed by atoms with Gasteiger partial charge in [0.2, 0.25) is 0 Å². The minimum atomic E-state index is -0.479. The van der Waals surface area contributed by atoms with Crippen LogP contribution in [0.1, 0.15) is 27.6 Å². The van der Waals surface area contributed by atoms with Crippen LogP contribution in [-0.4, -0.2) is 20.7 Å². The van der Waals surface area contributed by atoms with Crippen LogP contribution in [0.2, 0.25) is 0 Å². The highest BCUT2D eigenvalue weighted by Gasteiger charge is 2.12. The summed E-state index contributed by atoms with van der Waals surface area (Å²) in [4.78, 5) is 29.6. The maximum atomic E-state index is 12.8. The fraction of sp³-hybridized carbons (Fsp3) is 0.143. The lowest BCUT2D eigenvalue weighted by Gasteiger charge is -2.11. The molecule has 140 valence electrons. The van der Waals surface area contributed by atoms with Crippen molar-refractivity contribution >= 4 is 16.9 Å². The van der Waals surface area contributed by atoms with Crippen molar-refractivity contribution in [3.8, 4) is 5.69 Å². The zero-order valence-corrected chi connectivity index (χ0v) is 15.4. The monoisotopic (exact) mass is 375 g/mol. The summed E-state index contributed by atoms with van der Waals surface area (Å²) in [5.74, 6) is 0.744. The molecule has 0 aliphatic carbocycles. The van der Waals surface area contributed by atoms with Gasteiger partial charge in [-0.3, -0.25) is 9.36 Å². The Hall–Kier alpha value is -3.74. The highest BCUT2D eigenvalue weighted by molar-refractivity contribution is 5.89. The molecule has 28 heavy (non-hydrogen) atoms. The van der Waals surface area contributed by atoms with Crippen LogP contribution in [0.25, 0.3) is 16.6 Å². The molecule has 0 saturated carbocycles. The molecule has 4 aromatic rings. The molecular weight excluding hydrogens is 358 g/mol. The third-order valence-corrected chi connectivity index (χ3v) is 4.33. The number of fused-ring (bicyclic) bond motifs is 1. The van der Waals surface area contributed by atoms with Gasteiger partial charge in [-0.1, -0.05) is 17.3 Å². The lowest BCUT2D eigenvalue weighted by atomic mass is 10.2. The molecule has 0 spiro atoms. The standard InChI is InChI=1S/C21H17N3O4/c1-13-11-16(23-28-13)12-27-21(26)15-7-9-17(10-8-15)24-14(2)22-19-6-4-3-5-18(19)20(24)25/h3-11H,12H2,1-2H3. The second-order valence-electron chi connectivity index (χ2n) is 6.37. The fourth-order valence-corrected chi connectivity index (χ4v) is 3.00. The minimum absolute atomic E-state index is 0.0328. The molecule has 0 unspecified atom stereocenters. The first kappa shape index (κ1) is 17.7. The predicted molar refractivity (Wildman–Crippen MR) is 102 cm³/mol. The number of hydrogen-bond acceptors (Lipinski definition) is 6. The molecular formula is C21H17N3O4. The van der Waals surface area contributed by atoms with E-state index in [1.165, 1.54) is 4.57 Å². The maximum absolute atomic E-state index is 12.8. The smallest absolute Gasteiger partial charge is 0.338 e. The largest absolute Gasteiger partial charge is 0.455 e. The zero-order valence-electron chi connectivity index (χ0n) is 15.4. The van der Waals surface area contributed by atoms with E-state index in [-0.39, 0.29) is 12.2 Å². The Morgan fingerprint density at radius 3 is 2.57 bits per heavy atom. The van der Waals surface area contributed by atoms with E-state index >= 15 is 0 Å². The third-order valence-electron chi connectivity index (χ3n) is 4.33. The lowest BCUT2D eigenvalue weighted by Crippen LogP contribution is -2.22. The number of esters is 1. The molecule has 7 nitrogen and oxygen atoms in total. The number of carbonyl (C=O) groups is 1. The summed E-state index contributed by atoms with van der Waals surface area (Å²) in [5, 5.41) is 4.32. The van der Waals surface area contributed by atoms with E-state index in [0.717, 1.165) is 0 Å². The Morgan fingerprint density at radius 2 is 1.86 bits per heavy atom. The van der Waals surface area contributed by atoms with Gasteiger partial charge < -0.3 is 9.26 Å². The second kappa shape index (κ2) is 7.11. The summed E-state index contributed by atoms with van der Waals surface area (Å²) in [5.41, 5.74) is 2.06. The quantitative estimate of drug-likeness (QED) is 0.509. The number of carbonyl (C=O) groups excluding carboxylic acids is 1. The van der Waals surface area contributed by atoms with E-state index in [2.05, 4.69) is 10.1 Å². The van der Waals surface area contributed by atoms with Gasteiger partial charge in [0.05, 0.1) is 22.2 Å².